The van der Waals surface area contributed by atoms with Crippen LogP contribution in [0.4, 0.5) is 5.69 Å². The summed E-state index contributed by atoms with van der Waals surface area (Å²) in [4.78, 5) is 4.16. The molecule has 0 saturated carbocycles. The molecular formula is C13H21N3OS. The van der Waals surface area contributed by atoms with Crippen molar-refractivity contribution in [2.45, 2.75) is 25.5 Å². The Morgan fingerprint density at radius 2 is 1.94 bits per heavy atom. The maximum Gasteiger partial charge on any atom is 0.193 e. The zero-order valence-corrected chi connectivity index (χ0v) is 12.0. The van der Waals surface area contributed by atoms with E-state index in [4.69, 9.17) is 5.73 Å². The molecule has 0 aliphatic heterocycles. The zero-order valence-electron chi connectivity index (χ0n) is 11.1. The summed E-state index contributed by atoms with van der Waals surface area (Å²) >= 11 is 0. The molecule has 1 unspecified atom stereocenters. The maximum absolute atomic E-state index is 11.8. The monoisotopic (exact) mass is 267 g/mol. The van der Waals surface area contributed by atoms with Gasteiger partial charge < -0.3 is 11.1 Å². The van der Waals surface area contributed by atoms with Crippen molar-refractivity contribution in [3.05, 3.63) is 30.3 Å². The molecule has 1 atom stereocenters. The predicted octanol–water partition coefficient (Wildman–Crippen LogP) is 1.96. The minimum absolute atomic E-state index is 0.197. The molecular weight excluding hydrogens is 246 g/mol. The van der Waals surface area contributed by atoms with E-state index in [-0.39, 0.29) is 4.75 Å². The van der Waals surface area contributed by atoms with Crippen LogP contribution in [-0.2, 0) is 10.8 Å². The number of nitrogens with two attached hydrogens (primary N) is 1. The van der Waals surface area contributed by atoms with Crippen molar-refractivity contribution in [2.75, 3.05) is 17.6 Å². The Morgan fingerprint density at radius 1 is 1.33 bits per heavy atom. The molecule has 0 aromatic heterocycles. The second-order valence-corrected chi connectivity index (χ2v) is 7.24. The van der Waals surface area contributed by atoms with Gasteiger partial charge in [-0.25, -0.2) is 0 Å². The fraction of sp³-hybridized carbons (Fsp3) is 0.462. The first-order chi connectivity index (χ1) is 8.39. The summed E-state index contributed by atoms with van der Waals surface area (Å²) in [5, 5.41) is 2.98. The van der Waals surface area contributed by atoms with Crippen molar-refractivity contribution >= 4 is 22.4 Å². The molecule has 0 amide bonds. The third-order valence-corrected chi connectivity index (χ3v) is 4.21. The van der Waals surface area contributed by atoms with Gasteiger partial charge in [0.05, 0.1) is 6.54 Å². The number of hydrogen-bond donors (Lipinski definition) is 2. The molecule has 1 rings (SSSR count). The number of nitrogens with zero attached hydrogens (tertiary/aromatic N) is 1. The average Bonchev–Trinajstić information content (AvgIpc) is 2.28. The number of nitrogens with one attached hydrogen (secondary N) is 1. The Labute approximate surface area is 111 Å². The van der Waals surface area contributed by atoms with Crippen molar-refractivity contribution < 1.29 is 4.21 Å². The van der Waals surface area contributed by atoms with Crippen LogP contribution in [-0.4, -0.2) is 27.2 Å². The lowest BCUT2D eigenvalue weighted by Gasteiger charge is -2.16. The van der Waals surface area contributed by atoms with Gasteiger partial charge in [-0.3, -0.25) is 9.20 Å². The van der Waals surface area contributed by atoms with E-state index >= 15 is 0 Å². The smallest absolute Gasteiger partial charge is 0.193 e. The van der Waals surface area contributed by atoms with Gasteiger partial charge in [-0.1, -0.05) is 18.2 Å². The van der Waals surface area contributed by atoms with Crippen molar-refractivity contribution in [1.29, 1.82) is 0 Å². The van der Waals surface area contributed by atoms with Crippen LogP contribution in [0.1, 0.15) is 20.8 Å². The van der Waals surface area contributed by atoms with Crippen LogP contribution in [0, 0.1) is 0 Å². The van der Waals surface area contributed by atoms with Crippen molar-refractivity contribution in [1.82, 2.24) is 0 Å². The van der Waals surface area contributed by atoms with Gasteiger partial charge in [0.1, 0.15) is 0 Å². The van der Waals surface area contributed by atoms with Gasteiger partial charge in [0, 0.05) is 27.0 Å². The zero-order chi connectivity index (χ0) is 13.6. The lowest BCUT2D eigenvalue weighted by Crippen LogP contribution is -2.27. The van der Waals surface area contributed by atoms with E-state index in [0.29, 0.717) is 18.3 Å². The highest BCUT2D eigenvalue weighted by Crippen LogP contribution is 2.10. The number of rotatable bonds is 4. The first kappa shape index (κ1) is 14.7. The van der Waals surface area contributed by atoms with Crippen LogP contribution in [0.15, 0.2) is 35.3 Å². The summed E-state index contributed by atoms with van der Waals surface area (Å²) in [5.74, 6) is 0.882. The molecule has 5 heteroatoms. The third kappa shape index (κ3) is 5.31. The molecule has 0 fully saturated rings. The second kappa shape index (κ2) is 6.54. The average molecular weight is 267 g/mol. The summed E-state index contributed by atoms with van der Waals surface area (Å²) in [6.45, 7) is 6.34. The first-order valence-corrected chi connectivity index (χ1v) is 7.22. The van der Waals surface area contributed by atoms with Gasteiger partial charge in [0.25, 0.3) is 0 Å². The van der Waals surface area contributed by atoms with E-state index in [9.17, 15) is 4.21 Å². The number of guanidine groups is 1. The Hall–Kier alpha value is -1.36. The van der Waals surface area contributed by atoms with Gasteiger partial charge in [-0.15, -0.1) is 0 Å². The Morgan fingerprint density at radius 3 is 2.50 bits per heavy atom. The van der Waals surface area contributed by atoms with Crippen molar-refractivity contribution in [2.24, 2.45) is 10.7 Å². The SMILES string of the molecule is CC(C)(C)S(=O)CCN=C(N)Nc1ccccc1. The molecule has 0 radical (unpaired) electrons. The van der Waals surface area contributed by atoms with E-state index in [1.807, 2.05) is 51.1 Å². The Balaban J connectivity index is 2.42. The maximum atomic E-state index is 11.8. The topological polar surface area (TPSA) is 67.5 Å². The molecule has 18 heavy (non-hydrogen) atoms. The van der Waals surface area contributed by atoms with E-state index in [1.54, 1.807) is 0 Å². The van der Waals surface area contributed by atoms with Crippen LogP contribution in [0.5, 0.6) is 0 Å². The number of anilines is 1. The standard InChI is InChI=1S/C13H21N3OS/c1-13(2,3)18(17)10-9-15-12(14)16-11-7-5-4-6-8-11/h4-8H,9-10H2,1-3H3,(H3,14,15,16). The summed E-state index contributed by atoms with van der Waals surface area (Å²) in [7, 11) is -0.891. The minimum Gasteiger partial charge on any atom is -0.370 e. The minimum atomic E-state index is -0.891. The number of para-hydroxylation sites is 1. The summed E-state index contributed by atoms with van der Waals surface area (Å²) in [6, 6.07) is 9.60. The molecule has 0 bridgehead atoms. The Bertz CT molecular complexity index is 424. The van der Waals surface area contributed by atoms with Crippen LogP contribution in [0.2, 0.25) is 0 Å². The van der Waals surface area contributed by atoms with Crippen LogP contribution < -0.4 is 11.1 Å². The largest absolute Gasteiger partial charge is 0.370 e. The molecule has 3 N–H and O–H groups in total. The second-order valence-electron chi connectivity index (χ2n) is 4.92. The van der Waals surface area contributed by atoms with Crippen LogP contribution in [0.25, 0.3) is 0 Å². The molecule has 0 spiro atoms. The van der Waals surface area contributed by atoms with Gasteiger partial charge >= 0.3 is 0 Å². The van der Waals surface area contributed by atoms with Gasteiger partial charge in [-0.2, -0.15) is 0 Å². The third-order valence-electron chi connectivity index (χ3n) is 2.29. The van der Waals surface area contributed by atoms with Crippen molar-refractivity contribution in [3.63, 3.8) is 0 Å². The first-order valence-electron chi connectivity index (χ1n) is 5.90. The van der Waals surface area contributed by atoms with E-state index in [2.05, 4.69) is 10.3 Å². The molecule has 1 aromatic carbocycles. The lowest BCUT2D eigenvalue weighted by atomic mass is 10.3. The highest BCUT2D eigenvalue weighted by Gasteiger charge is 2.18. The molecule has 100 valence electrons. The molecule has 0 heterocycles. The quantitative estimate of drug-likeness (QED) is 0.647. The fourth-order valence-corrected chi connectivity index (χ4v) is 2.13. The number of benzene rings is 1. The molecule has 1 aromatic rings. The summed E-state index contributed by atoms with van der Waals surface area (Å²) in [6.07, 6.45) is 0. The highest BCUT2D eigenvalue weighted by molar-refractivity contribution is 7.86. The molecule has 0 aliphatic carbocycles. The van der Waals surface area contributed by atoms with E-state index in [0.717, 1.165) is 5.69 Å². The van der Waals surface area contributed by atoms with Crippen LogP contribution in [0.3, 0.4) is 0 Å². The summed E-state index contributed by atoms with van der Waals surface area (Å²) in [5.41, 5.74) is 6.64. The van der Waals surface area contributed by atoms with Gasteiger partial charge in [0.15, 0.2) is 5.96 Å². The number of aliphatic imine (C=N–C) groups is 1. The van der Waals surface area contributed by atoms with Crippen molar-refractivity contribution in [3.8, 4) is 0 Å². The molecule has 0 aliphatic rings. The number of hydrogen-bond acceptors (Lipinski definition) is 2. The van der Waals surface area contributed by atoms with Gasteiger partial charge in [-0.05, 0) is 32.9 Å². The lowest BCUT2D eigenvalue weighted by molar-refractivity contribution is 0.648. The van der Waals surface area contributed by atoms with Gasteiger partial charge in [0.2, 0.25) is 0 Å². The molecule has 0 saturated heterocycles. The summed E-state index contributed by atoms with van der Waals surface area (Å²) < 4.78 is 11.6. The molecule has 4 nitrogen and oxygen atoms in total. The Kier molecular flexibility index (Phi) is 5.34. The normalized spacial score (nSPS) is 14.3. The predicted molar refractivity (Wildman–Crippen MR) is 79.3 cm³/mol. The fourth-order valence-electron chi connectivity index (χ4n) is 1.26. The van der Waals surface area contributed by atoms with E-state index < -0.39 is 10.8 Å². The van der Waals surface area contributed by atoms with Crippen LogP contribution >= 0.6 is 0 Å². The highest BCUT2D eigenvalue weighted by atomic mass is 32.2. The van der Waals surface area contributed by atoms with E-state index in [1.165, 1.54) is 0 Å².